The number of hydrogen-bond acceptors (Lipinski definition) is 3. The molecule has 0 bridgehead atoms. The van der Waals surface area contributed by atoms with Crippen molar-refractivity contribution in [1.29, 1.82) is 0 Å². The third-order valence-electron chi connectivity index (χ3n) is 4.38. The van der Waals surface area contributed by atoms with E-state index in [1.54, 1.807) is 0 Å². The first-order valence-electron chi connectivity index (χ1n) is 7.82. The van der Waals surface area contributed by atoms with E-state index in [2.05, 4.69) is 16.7 Å². The maximum atomic E-state index is 11.0. The predicted octanol–water partition coefficient (Wildman–Crippen LogP) is 3.24. The van der Waals surface area contributed by atoms with Crippen LogP contribution in [0.25, 0.3) is 0 Å². The number of carboxylic acids is 1. The van der Waals surface area contributed by atoms with Gasteiger partial charge in [0.25, 0.3) is 0 Å². The summed E-state index contributed by atoms with van der Waals surface area (Å²) in [6.45, 7) is 2.95. The summed E-state index contributed by atoms with van der Waals surface area (Å²) in [5.41, 5.74) is 0. The van der Waals surface area contributed by atoms with Crippen molar-refractivity contribution in [2.75, 3.05) is 25.4 Å². The Balaban J connectivity index is 1.56. The zero-order valence-corrected chi connectivity index (χ0v) is 12.7. The van der Waals surface area contributed by atoms with Gasteiger partial charge in [0.1, 0.15) is 0 Å². The van der Waals surface area contributed by atoms with Crippen molar-refractivity contribution >= 4 is 17.7 Å². The zero-order valence-electron chi connectivity index (χ0n) is 11.9. The molecule has 1 aliphatic carbocycles. The van der Waals surface area contributed by atoms with Crippen molar-refractivity contribution in [2.24, 2.45) is 5.92 Å². The second-order valence-corrected chi connectivity index (χ2v) is 7.37. The average molecular weight is 285 g/mol. The van der Waals surface area contributed by atoms with Crippen LogP contribution in [0.15, 0.2) is 0 Å². The summed E-state index contributed by atoms with van der Waals surface area (Å²) < 4.78 is 0. The Morgan fingerprint density at radius 3 is 2.68 bits per heavy atom. The fraction of sp³-hybridized carbons (Fsp3) is 0.933. The van der Waals surface area contributed by atoms with E-state index in [0.717, 1.165) is 37.7 Å². The minimum absolute atomic E-state index is 0.125. The van der Waals surface area contributed by atoms with Crippen molar-refractivity contribution < 1.29 is 9.90 Å². The van der Waals surface area contributed by atoms with Gasteiger partial charge in [-0.2, -0.15) is 11.8 Å². The molecule has 1 N–H and O–H groups in total. The van der Waals surface area contributed by atoms with Gasteiger partial charge < -0.3 is 10.0 Å². The molecular formula is C15H27NO2S. The van der Waals surface area contributed by atoms with Crippen LogP contribution in [0.5, 0.6) is 0 Å². The minimum atomic E-state index is -0.610. The van der Waals surface area contributed by atoms with E-state index < -0.39 is 5.97 Å². The minimum Gasteiger partial charge on any atom is -0.481 e. The number of likely N-dealkylation sites (tertiary alicyclic amines) is 1. The van der Waals surface area contributed by atoms with Crippen LogP contribution in [0.4, 0.5) is 0 Å². The van der Waals surface area contributed by atoms with Crippen molar-refractivity contribution in [3.8, 4) is 0 Å². The fourth-order valence-electron chi connectivity index (χ4n) is 3.23. The van der Waals surface area contributed by atoms with Gasteiger partial charge in [0.15, 0.2) is 0 Å². The summed E-state index contributed by atoms with van der Waals surface area (Å²) in [5.74, 6) is 0.514. The van der Waals surface area contributed by atoms with E-state index in [-0.39, 0.29) is 5.92 Å². The lowest BCUT2D eigenvalue weighted by atomic mass is 9.98. The monoisotopic (exact) mass is 285 g/mol. The quantitative estimate of drug-likeness (QED) is 0.761. The van der Waals surface area contributed by atoms with Crippen molar-refractivity contribution in [1.82, 2.24) is 4.90 Å². The van der Waals surface area contributed by atoms with Gasteiger partial charge in [-0.25, -0.2) is 0 Å². The number of nitrogens with zero attached hydrogens (tertiary/aromatic N) is 1. The van der Waals surface area contributed by atoms with Crippen LogP contribution < -0.4 is 0 Å². The fourth-order valence-corrected chi connectivity index (χ4v) is 4.53. The Hall–Kier alpha value is -0.220. The van der Waals surface area contributed by atoms with E-state index in [1.807, 2.05) is 0 Å². The topological polar surface area (TPSA) is 40.5 Å². The molecule has 1 saturated heterocycles. The Bertz CT molecular complexity index is 279. The Kier molecular flexibility index (Phi) is 6.51. The molecule has 0 aromatic rings. The van der Waals surface area contributed by atoms with Gasteiger partial charge in [-0.3, -0.25) is 4.79 Å². The van der Waals surface area contributed by atoms with Crippen LogP contribution in [0.2, 0.25) is 0 Å². The van der Waals surface area contributed by atoms with Crippen LogP contribution in [0.1, 0.15) is 51.4 Å². The number of aliphatic carboxylic acids is 1. The van der Waals surface area contributed by atoms with Gasteiger partial charge in [-0.1, -0.05) is 19.3 Å². The van der Waals surface area contributed by atoms with Crippen molar-refractivity contribution in [3.63, 3.8) is 0 Å². The van der Waals surface area contributed by atoms with Gasteiger partial charge in [-0.15, -0.1) is 0 Å². The summed E-state index contributed by atoms with van der Waals surface area (Å²) in [5, 5.41) is 9.97. The lowest BCUT2D eigenvalue weighted by Crippen LogP contribution is -2.39. The molecule has 2 aliphatic rings. The highest BCUT2D eigenvalue weighted by Crippen LogP contribution is 2.28. The molecule has 2 rings (SSSR count). The highest BCUT2D eigenvalue weighted by molar-refractivity contribution is 7.99. The second-order valence-electron chi connectivity index (χ2n) is 5.96. The van der Waals surface area contributed by atoms with Gasteiger partial charge in [0.2, 0.25) is 0 Å². The molecule has 0 aromatic heterocycles. The van der Waals surface area contributed by atoms with E-state index in [4.69, 9.17) is 5.11 Å². The first-order chi connectivity index (χ1) is 9.25. The third kappa shape index (κ3) is 5.35. The summed E-state index contributed by atoms with van der Waals surface area (Å²) in [4.78, 5) is 13.4. The molecule has 1 aliphatic heterocycles. The highest BCUT2D eigenvalue weighted by Gasteiger charge is 2.24. The first kappa shape index (κ1) is 15.2. The maximum absolute atomic E-state index is 11.0. The summed E-state index contributed by atoms with van der Waals surface area (Å²) >= 11 is 2.15. The van der Waals surface area contributed by atoms with Crippen LogP contribution in [0, 0.1) is 5.92 Å². The van der Waals surface area contributed by atoms with E-state index in [0.29, 0.717) is 0 Å². The summed E-state index contributed by atoms with van der Waals surface area (Å²) in [6, 6.07) is 0. The van der Waals surface area contributed by atoms with E-state index in [9.17, 15) is 4.79 Å². The highest BCUT2D eigenvalue weighted by atomic mass is 32.2. The Morgan fingerprint density at radius 1 is 1.16 bits per heavy atom. The molecule has 2 fully saturated rings. The number of carboxylic acid groups (broad SMARTS) is 1. The van der Waals surface area contributed by atoms with Gasteiger partial charge >= 0.3 is 5.97 Å². The average Bonchev–Trinajstić information content (AvgIpc) is 2.45. The SMILES string of the molecule is O=C(O)C1CCCN(CCCSC2CCCCC2)C1. The van der Waals surface area contributed by atoms with Crippen LogP contribution in [-0.4, -0.2) is 46.6 Å². The number of piperidine rings is 1. The van der Waals surface area contributed by atoms with E-state index >= 15 is 0 Å². The molecule has 4 heteroatoms. The predicted molar refractivity (Wildman–Crippen MR) is 80.7 cm³/mol. The molecule has 0 spiro atoms. The van der Waals surface area contributed by atoms with Crippen molar-refractivity contribution in [2.45, 2.75) is 56.6 Å². The normalized spacial score (nSPS) is 26.4. The Morgan fingerprint density at radius 2 is 1.95 bits per heavy atom. The largest absolute Gasteiger partial charge is 0.481 e. The number of carbonyl (C=O) groups is 1. The maximum Gasteiger partial charge on any atom is 0.307 e. The van der Waals surface area contributed by atoms with Crippen LogP contribution in [0.3, 0.4) is 0 Å². The first-order valence-corrected chi connectivity index (χ1v) is 8.87. The molecule has 1 saturated carbocycles. The lowest BCUT2D eigenvalue weighted by Gasteiger charge is -2.30. The third-order valence-corrected chi connectivity index (χ3v) is 5.85. The molecule has 3 nitrogen and oxygen atoms in total. The summed E-state index contributed by atoms with van der Waals surface area (Å²) in [7, 11) is 0. The molecule has 0 aromatic carbocycles. The molecule has 1 atom stereocenters. The zero-order chi connectivity index (χ0) is 13.5. The lowest BCUT2D eigenvalue weighted by molar-refractivity contribution is -0.143. The molecular weight excluding hydrogens is 258 g/mol. The Labute approximate surface area is 121 Å². The van der Waals surface area contributed by atoms with Gasteiger partial charge in [0, 0.05) is 11.8 Å². The van der Waals surface area contributed by atoms with Crippen molar-refractivity contribution in [3.05, 3.63) is 0 Å². The van der Waals surface area contributed by atoms with Gasteiger partial charge in [-0.05, 0) is 50.9 Å². The number of hydrogen-bond donors (Lipinski definition) is 1. The van der Waals surface area contributed by atoms with E-state index in [1.165, 1.54) is 44.3 Å². The molecule has 0 radical (unpaired) electrons. The number of thioether (sulfide) groups is 1. The standard InChI is InChI=1S/C15H27NO2S/c17-15(18)13-6-4-9-16(12-13)10-5-11-19-14-7-2-1-3-8-14/h13-14H,1-12H2,(H,17,18). The summed E-state index contributed by atoms with van der Waals surface area (Å²) in [6.07, 6.45) is 10.2. The molecule has 1 heterocycles. The smallest absolute Gasteiger partial charge is 0.307 e. The number of rotatable bonds is 6. The molecule has 110 valence electrons. The van der Waals surface area contributed by atoms with Crippen LogP contribution in [-0.2, 0) is 4.79 Å². The van der Waals surface area contributed by atoms with Gasteiger partial charge in [0.05, 0.1) is 5.92 Å². The molecule has 1 unspecified atom stereocenters. The second kappa shape index (κ2) is 8.15. The molecule has 19 heavy (non-hydrogen) atoms. The molecule has 0 amide bonds. The van der Waals surface area contributed by atoms with Crippen LogP contribution >= 0.6 is 11.8 Å².